The molecule has 2 aliphatic rings. The molecule has 1 aliphatic heterocycles. The van der Waals surface area contributed by atoms with Crippen LogP contribution in [0.5, 0.6) is 0 Å². The summed E-state index contributed by atoms with van der Waals surface area (Å²) in [6, 6.07) is 2.07. The van der Waals surface area contributed by atoms with E-state index in [2.05, 4.69) is 31.4 Å². The third-order valence-electron chi connectivity index (χ3n) is 6.16. The van der Waals surface area contributed by atoms with Gasteiger partial charge in [0.15, 0.2) is 17.9 Å². The number of carbonyl (C=O) groups is 2. The summed E-state index contributed by atoms with van der Waals surface area (Å²) in [6.45, 7) is 8.36. The fourth-order valence-electron chi connectivity index (χ4n) is 4.56. The van der Waals surface area contributed by atoms with Gasteiger partial charge in [-0.25, -0.2) is 0 Å². The predicted octanol–water partition coefficient (Wildman–Crippen LogP) is 5.01. The molecule has 1 aromatic rings. The molecule has 5 heteroatoms. The Hall–Kier alpha value is -1.46. The number of ketones is 2. The van der Waals surface area contributed by atoms with Gasteiger partial charge in [0.2, 0.25) is 0 Å². The number of hydrogen-bond donors (Lipinski definition) is 0. The summed E-state index contributed by atoms with van der Waals surface area (Å²) in [4.78, 5) is 24.4. The Bertz CT molecular complexity index is 713. The van der Waals surface area contributed by atoms with Crippen molar-refractivity contribution < 1.29 is 19.1 Å². The maximum atomic E-state index is 12.4. The second-order valence-corrected chi connectivity index (χ2v) is 9.55. The number of fused-ring (bicyclic) bond motifs is 1. The molecule has 1 atom stereocenters. The van der Waals surface area contributed by atoms with Gasteiger partial charge in [0, 0.05) is 42.9 Å². The highest BCUT2D eigenvalue weighted by atomic mass is 16.7. The lowest BCUT2D eigenvalue weighted by atomic mass is 9.76. The summed E-state index contributed by atoms with van der Waals surface area (Å²) in [5.41, 5.74) is 3.41. The first kappa shape index (κ1) is 22.2. The third-order valence-corrected chi connectivity index (χ3v) is 6.16. The van der Waals surface area contributed by atoms with Crippen LogP contribution in [0, 0.1) is 12.3 Å². The number of nitrogens with zero attached hydrogens (tertiary/aromatic N) is 1. The summed E-state index contributed by atoms with van der Waals surface area (Å²) in [5.74, 6) is 0.465. The topological polar surface area (TPSA) is 57.5 Å². The van der Waals surface area contributed by atoms with Crippen LogP contribution in [0.3, 0.4) is 0 Å². The molecule has 0 radical (unpaired) electrons. The molecule has 162 valence electrons. The molecule has 29 heavy (non-hydrogen) atoms. The number of Topliss-reactive ketones (excluding diaryl/α,β-unsaturated/α-hetero) is 2. The summed E-state index contributed by atoms with van der Waals surface area (Å²) < 4.78 is 13.4. The van der Waals surface area contributed by atoms with Gasteiger partial charge in [0.1, 0.15) is 6.61 Å². The van der Waals surface area contributed by atoms with E-state index in [-0.39, 0.29) is 29.9 Å². The summed E-state index contributed by atoms with van der Waals surface area (Å²) in [5, 5.41) is 0. The number of carbonyl (C=O) groups excluding carboxylic acids is 2. The predicted molar refractivity (Wildman–Crippen MR) is 113 cm³/mol. The van der Waals surface area contributed by atoms with E-state index in [1.54, 1.807) is 0 Å². The Morgan fingerprint density at radius 2 is 2.00 bits per heavy atom. The van der Waals surface area contributed by atoms with E-state index in [1.807, 2.05) is 0 Å². The Kier molecular flexibility index (Phi) is 7.69. The number of rotatable bonds is 10. The fourth-order valence-corrected chi connectivity index (χ4v) is 4.56. The minimum Gasteiger partial charge on any atom is -0.353 e. The molecule has 1 aliphatic carbocycles. The molecule has 0 N–H and O–H groups in total. The largest absolute Gasteiger partial charge is 0.353 e. The lowest BCUT2D eigenvalue weighted by Gasteiger charge is -2.30. The standard InChI is InChI=1S/C24H37NO4/c1-18-14-20-21(15-24(2,3)16-22(20)27)25(18)12-8-5-4-6-10-19(26)17-29-23-11-7-9-13-28-23/h14,23H,4-13,15-17H2,1-3H3. The zero-order valence-electron chi connectivity index (χ0n) is 18.4. The van der Waals surface area contributed by atoms with Crippen LogP contribution in [0.15, 0.2) is 6.07 Å². The van der Waals surface area contributed by atoms with Gasteiger partial charge in [-0.05, 0) is 56.9 Å². The van der Waals surface area contributed by atoms with Crippen LogP contribution in [0.4, 0.5) is 0 Å². The number of hydrogen-bond acceptors (Lipinski definition) is 4. The Morgan fingerprint density at radius 1 is 1.21 bits per heavy atom. The van der Waals surface area contributed by atoms with Crippen molar-refractivity contribution in [1.82, 2.24) is 4.57 Å². The maximum Gasteiger partial charge on any atom is 0.165 e. The third kappa shape index (κ3) is 6.26. The first-order chi connectivity index (χ1) is 13.9. The fraction of sp³-hybridized carbons (Fsp3) is 0.750. The second-order valence-electron chi connectivity index (χ2n) is 9.55. The van der Waals surface area contributed by atoms with Crippen LogP contribution in [-0.4, -0.2) is 35.6 Å². The first-order valence-corrected chi connectivity index (χ1v) is 11.3. The average Bonchev–Trinajstić information content (AvgIpc) is 2.98. The Morgan fingerprint density at radius 3 is 2.76 bits per heavy atom. The average molecular weight is 404 g/mol. The molecule has 1 unspecified atom stereocenters. The van der Waals surface area contributed by atoms with Crippen molar-refractivity contribution in [2.45, 2.75) is 97.8 Å². The summed E-state index contributed by atoms with van der Waals surface area (Å²) in [7, 11) is 0. The van der Waals surface area contributed by atoms with Crippen molar-refractivity contribution in [2.24, 2.45) is 5.41 Å². The molecule has 1 aromatic heterocycles. The van der Waals surface area contributed by atoms with Crippen LogP contribution >= 0.6 is 0 Å². The molecule has 0 bridgehead atoms. The summed E-state index contributed by atoms with van der Waals surface area (Å²) >= 11 is 0. The highest BCUT2D eigenvalue weighted by Crippen LogP contribution is 2.36. The van der Waals surface area contributed by atoms with Crippen LogP contribution in [0.25, 0.3) is 0 Å². The zero-order chi connectivity index (χ0) is 20.9. The van der Waals surface area contributed by atoms with E-state index in [1.165, 1.54) is 11.4 Å². The van der Waals surface area contributed by atoms with Crippen LogP contribution in [-0.2, 0) is 27.2 Å². The molecule has 5 nitrogen and oxygen atoms in total. The molecule has 2 heterocycles. The SMILES string of the molecule is Cc1cc2c(n1CCCCCCC(=O)COC1CCCCO1)CC(C)(C)CC2=O. The number of unbranched alkanes of at least 4 members (excludes halogenated alkanes) is 3. The lowest BCUT2D eigenvalue weighted by Crippen LogP contribution is -2.28. The van der Waals surface area contributed by atoms with Gasteiger partial charge in [-0.1, -0.05) is 26.7 Å². The van der Waals surface area contributed by atoms with Crippen LogP contribution in [0.2, 0.25) is 0 Å². The van der Waals surface area contributed by atoms with Gasteiger partial charge >= 0.3 is 0 Å². The molecule has 1 saturated heterocycles. The van der Waals surface area contributed by atoms with E-state index >= 15 is 0 Å². The molecular weight excluding hydrogens is 366 g/mol. The van der Waals surface area contributed by atoms with Gasteiger partial charge in [-0.15, -0.1) is 0 Å². The van der Waals surface area contributed by atoms with Crippen molar-refractivity contribution in [3.8, 4) is 0 Å². The van der Waals surface area contributed by atoms with Crippen molar-refractivity contribution in [1.29, 1.82) is 0 Å². The normalized spacial score (nSPS) is 21.2. The highest BCUT2D eigenvalue weighted by molar-refractivity contribution is 5.99. The highest BCUT2D eigenvalue weighted by Gasteiger charge is 2.33. The zero-order valence-corrected chi connectivity index (χ0v) is 18.4. The molecule has 1 fully saturated rings. The minimum atomic E-state index is -0.180. The van der Waals surface area contributed by atoms with E-state index in [0.717, 1.165) is 70.1 Å². The van der Waals surface area contributed by atoms with Gasteiger partial charge in [-0.2, -0.15) is 0 Å². The lowest BCUT2D eigenvalue weighted by molar-refractivity contribution is -0.169. The van der Waals surface area contributed by atoms with Crippen molar-refractivity contribution >= 4 is 11.6 Å². The van der Waals surface area contributed by atoms with Crippen molar-refractivity contribution in [2.75, 3.05) is 13.2 Å². The molecule has 0 saturated carbocycles. The molecule has 0 amide bonds. The molecule has 3 rings (SSSR count). The number of aromatic nitrogens is 1. The van der Waals surface area contributed by atoms with E-state index < -0.39 is 0 Å². The molecular formula is C24H37NO4. The van der Waals surface area contributed by atoms with E-state index in [9.17, 15) is 9.59 Å². The van der Waals surface area contributed by atoms with Crippen LogP contribution < -0.4 is 0 Å². The minimum absolute atomic E-state index is 0.0533. The van der Waals surface area contributed by atoms with Crippen molar-refractivity contribution in [3.05, 3.63) is 23.0 Å². The molecule has 0 spiro atoms. The van der Waals surface area contributed by atoms with Crippen molar-refractivity contribution in [3.63, 3.8) is 0 Å². The first-order valence-electron chi connectivity index (χ1n) is 11.3. The van der Waals surface area contributed by atoms with Gasteiger partial charge in [0.05, 0.1) is 0 Å². The van der Waals surface area contributed by atoms with Crippen LogP contribution in [0.1, 0.15) is 93.4 Å². The number of aryl methyl sites for hydroxylation is 1. The second kappa shape index (κ2) is 10.0. The quantitative estimate of drug-likeness (QED) is 0.515. The van der Waals surface area contributed by atoms with Gasteiger partial charge in [0.25, 0.3) is 0 Å². The van der Waals surface area contributed by atoms with E-state index in [4.69, 9.17) is 9.47 Å². The van der Waals surface area contributed by atoms with Gasteiger partial charge in [-0.3, -0.25) is 9.59 Å². The van der Waals surface area contributed by atoms with E-state index in [0.29, 0.717) is 12.8 Å². The monoisotopic (exact) mass is 403 g/mol. The smallest absolute Gasteiger partial charge is 0.165 e. The maximum absolute atomic E-state index is 12.4. The van der Waals surface area contributed by atoms with Gasteiger partial charge < -0.3 is 14.0 Å². The Labute approximate surface area is 175 Å². The Balaban J connectivity index is 1.34. The number of ether oxygens (including phenoxy) is 2. The summed E-state index contributed by atoms with van der Waals surface area (Å²) in [6.07, 6.45) is 9.30. The molecule has 0 aromatic carbocycles.